The molecule has 2 N–H and O–H groups in total. The van der Waals surface area contributed by atoms with E-state index in [9.17, 15) is 4.79 Å². The number of hydrogen-bond acceptors (Lipinski definition) is 7. The number of nitrogens with zero attached hydrogens (tertiary/aromatic N) is 3. The zero-order valence-corrected chi connectivity index (χ0v) is 19.7. The lowest BCUT2D eigenvalue weighted by molar-refractivity contribution is 0.237. The zero-order chi connectivity index (χ0) is 22.8. The predicted molar refractivity (Wildman–Crippen MR) is 134 cm³/mol. The van der Waals surface area contributed by atoms with Crippen LogP contribution < -0.4 is 15.6 Å². The number of ether oxygens (including phenoxy) is 1. The largest absolute Gasteiger partial charge is 0.492 e. The highest BCUT2D eigenvalue weighted by Gasteiger charge is 2.14. The van der Waals surface area contributed by atoms with E-state index in [1.807, 2.05) is 49.6 Å². The molecule has 0 atom stereocenters. The molecule has 0 bridgehead atoms. The summed E-state index contributed by atoms with van der Waals surface area (Å²) in [6.07, 6.45) is 4.21. The Hall–Kier alpha value is -3.23. The number of fused-ring (bicyclic) bond motifs is 1. The summed E-state index contributed by atoms with van der Waals surface area (Å²) in [5.41, 5.74) is 3.24. The molecule has 1 fully saturated rings. The van der Waals surface area contributed by atoms with Crippen LogP contribution in [0.4, 0.5) is 11.5 Å². The van der Waals surface area contributed by atoms with Crippen LogP contribution in [0, 0.1) is 13.8 Å². The van der Waals surface area contributed by atoms with Crippen LogP contribution in [-0.2, 0) is 0 Å². The highest BCUT2D eigenvalue weighted by molar-refractivity contribution is 7.09. The van der Waals surface area contributed by atoms with Crippen LogP contribution in [0.2, 0.25) is 0 Å². The third kappa shape index (κ3) is 4.77. The van der Waals surface area contributed by atoms with Crippen LogP contribution in [0.1, 0.15) is 23.4 Å². The number of nitrogens with one attached hydrogen (secondary N) is 2. The van der Waals surface area contributed by atoms with Gasteiger partial charge in [-0.2, -0.15) is 0 Å². The number of benzene rings is 1. The maximum atomic E-state index is 12.7. The number of thiazole rings is 1. The van der Waals surface area contributed by atoms with Gasteiger partial charge in [-0.15, -0.1) is 11.3 Å². The smallest absolute Gasteiger partial charge is 0.259 e. The summed E-state index contributed by atoms with van der Waals surface area (Å²) in [6.45, 7) is 7.92. The topological polar surface area (TPSA) is 83.1 Å². The third-order valence-electron chi connectivity index (χ3n) is 5.95. The van der Waals surface area contributed by atoms with Gasteiger partial charge in [-0.05, 0) is 68.9 Å². The summed E-state index contributed by atoms with van der Waals surface area (Å²) < 4.78 is 6.11. The number of hydrogen-bond donors (Lipinski definition) is 2. The van der Waals surface area contributed by atoms with Gasteiger partial charge < -0.3 is 15.0 Å². The fourth-order valence-corrected chi connectivity index (χ4v) is 4.78. The van der Waals surface area contributed by atoms with E-state index in [1.54, 1.807) is 17.5 Å². The number of rotatable bonds is 7. The number of anilines is 2. The van der Waals surface area contributed by atoms with Gasteiger partial charge in [0.15, 0.2) is 0 Å². The van der Waals surface area contributed by atoms with Crippen molar-refractivity contribution in [1.29, 1.82) is 0 Å². The van der Waals surface area contributed by atoms with E-state index in [0.717, 1.165) is 58.4 Å². The molecular weight excluding hydrogens is 434 g/mol. The van der Waals surface area contributed by atoms with Crippen molar-refractivity contribution in [2.45, 2.75) is 26.7 Å². The van der Waals surface area contributed by atoms with Crippen LogP contribution in [0.15, 0.2) is 46.7 Å². The molecule has 0 spiro atoms. The van der Waals surface area contributed by atoms with E-state index in [1.165, 1.54) is 12.8 Å². The van der Waals surface area contributed by atoms with Crippen molar-refractivity contribution in [3.63, 3.8) is 0 Å². The molecule has 0 saturated carbocycles. The second-order valence-corrected chi connectivity index (χ2v) is 9.44. The second kappa shape index (κ2) is 9.33. The summed E-state index contributed by atoms with van der Waals surface area (Å²) in [4.78, 5) is 27.2. The van der Waals surface area contributed by atoms with Gasteiger partial charge in [0.25, 0.3) is 5.56 Å². The summed E-state index contributed by atoms with van der Waals surface area (Å²) in [5, 5.41) is 7.65. The summed E-state index contributed by atoms with van der Waals surface area (Å²) in [6, 6.07) is 9.77. The van der Waals surface area contributed by atoms with Gasteiger partial charge in [0.05, 0.1) is 21.8 Å². The lowest BCUT2D eigenvalue weighted by atomic mass is 10.1. The minimum absolute atomic E-state index is 0.183. The van der Waals surface area contributed by atoms with E-state index >= 15 is 0 Å². The van der Waals surface area contributed by atoms with Gasteiger partial charge >= 0.3 is 0 Å². The first-order valence-corrected chi connectivity index (χ1v) is 12.1. The molecule has 170 valence electrons. The zero-order valence-electron chi connectivity index (χ0n) is 18.9. The molecule has 1 aliphatic rings. The lowest BCUT2D eigenvalue weighted by Crippen LogP contribution is -2.25. The Kier molecular flexibility index (Phi) is 6.11. The van der Waals surface area contributed by atoms with Gasteiger partial charge in [0.2, 0.25) is 0 Å². The Balaban J connectivity index is 1.45. The van der Waals surface area contributed by atoms with Crippen molar-refractivity contribution in [1.82, 2.24) is 19.9 Å². The maximum absolute atomic E-state index is 12.7. The molecule has 3 aromatic heterocycles. The molecular formula is C25H27N5O2S. The minimum atomic E-state index is -0.183. The van der Waals surface area contributed by atoms with Gasteiger partial charge in [-0.1, -0.05) is 6.07 Å². The predicted octanol–water partition coefficient (Wildman–Crippen LogP) is 4.88. The second-order valence-electron chi connectivity index (χ2n) is 8.38. The molecule has 8 heteroatoms. The van der Waals surface area contributed by atoms with Crippen molar-refractivity contribution in [3.8, 4) is 17.1 Å². The summed E-state index contributed by atoms with van der Waals surface area (Å²) >= 11 is 1.58. The van der Waals surface area contributed by atoms with E-state index in [2.05, 4.69) is 20.2 Å². The number of aromatic amines is 1. The fraction of sp³-hybridized carbons (Fsp3) is 0.320. The van der Waals surface area contributed by atoms with Crippen molar-refractivity contribution in [2.75, 3.05) is 31.6 Å². The van der Waals surface area contributed by atoms with Gasteiger partial charge in [0.1, 0.15) is 18.2 Å². The van der Waals surface area contributed by atoms with Crippen LogP contribution in [0.5, 0.6) is 5.75 Å². The van der Waals surface area contributed by atoms with Crippen molar-refractivity contribution in [2.24, 2.45) is 0 Å². The summed E-state index contributed by atoms with van der Waals surface area (Å²) in [5.74, 6) is 1.34. The average Bonchev–Trinajstić information content (AvgIpc) is 3.47. The van der Waals surface area contributed by atoms with Crippen LogP contribution in [0.3, 0.4) is 0 Å². The maximum Gasteiger partial charge on any atom is 0.259 e. The highest BCUT2D eigenvalue weighted by atomic mass is 32.1. The average molecular weight is 462 g/mol. The van der Waals surface area contributed by atoms with E-state index in [4.69, 9.17) is 9.72 Å². The first-order chi connectivity index (χ1) is 16.1. The van der Waals surface area contributed by atoms with Gasteiger partial charge in [0, 0.05) is 29.9 Å². The Bertz CT molecular complexity index is 1340. The standard InChI is InChI=1S/C25H27N5O2S/c1-16-5-6-19(14-22(16)32-12-11-30-9-3-4-10-30)28-24-23-18(7-8-26-25(23)31)13-20(29-24)21-15-33-17(2)27-21/h5-8,13-15H,3-4,9-12H2,1-2H3,(H,26,31)(H,28,29). The van der Waals surface area contributed by atoms with Crippen molar-refractivity contribution in [3.05, 3.63) is 62.8 Å². The number of aryl methyl sites for hydroxylation is 2. The van der Waals surface area contributed by atoms with Gasteiger partial charge in [-0.25, -0.2) is 9.97 Å². The summed E-state index contributed by atoms with van der Waals surface area (Å²) in [7, 11) is 0. The quantitative estimate of drug-likeness (QED) is 0.408. The number of aromatic nitrogens is 3. The Morgan fingerprint density at radius 1 is 1.12 bits per heavy atom. The molecule has 33 heavy (non-hydrogen) atoms. The number of H-pyrrole nitrogens is 1. The molecule has 7 nitrogen and oxygen atoms in total. The van der Waals surface area contributed by atoms with E-state index in [0.29, 0.717) is 17.8 Å². The molecule has 1 aliphatic heterocycles. The number of pyridine rings is 2. The van der Waals surface area contributed by atoms with Crippen molar-refractivity contribution < 1.29 is 4.74 Å². The van der Waals surface area contributed by atoms with Crippen LogP contribution in [0.25, 0.3) is 22.2 Å². The molecule has 0 radical (unpaired) electrons. The fourth-order valence-electron chi connectivity index (χ4n) is 4.18. The highest BCUT2D eigenvalue weighted by Crippen LogP contribution is 2.30. The third-order valence-corrected chi connectivity index (χ3v) is 6.72. The van der Waals surface area contributed by atoms with Crippen LogP contribution >= 0.6 is 11.3 Å². The Morgan fingerprint density at radius 2 is 1.97 bits per heavy atom. The molecule has 4 aromatic rings. The van der Waals surface area contributed by atoms with Crippen molar-refractivity contribution >= 4 is 33.6 Å². The SMILES string of the molecule is Cc1nc(-c2cc3cc[nH]c(=O)c3c(Nc3ccc(C)c(OCCN4CCCC4)c3)n2)cs1. The first kappa shape index (κ1) is 21.6. The van der Waals surface area contributed by atoms with Gasteiger partial charge in [-0.3, -0.25) is 9.69 Å². The first-order valence-electron chi connectivity index (χ1n) is 11.2. The molecule has 5 rings (SSSR count). The Morgan fingerprint density at radius 3 is 2.76 bits per heavy atom. The molecule has 0 amide bonds. The lowest BCUT2D eigenvalue weighted by Gasteiger charge is -2.17. The molecule has 1 aromatic carbocycles. The molecule has 0 aliphatic carbocycles. The van der Waals surface area contributed by atoms with Crippen LogP contribution in [-0.4, -0.2) is 46.1 Å². The minimum Gasteiger partial charge on any atom is -0.492 e. The van der Waals surface area contributed by atoms with E-state index in [-0.39, 0.29) is 5.56 Å². The monoisotopic (exact) mass is 461 g/mol. The molecule has 0 unspecified atom stereocenters. The molecule has 4 heterocycles. The Labute approximate surface area is 196 Å². The molecule has 1 saturated heterocycles. The normalized spacial score (nSPS) is 14.1. The van der Waals surface area contributed by atoms with E-state index < -0.39 is 0 Å². The number of likely N-dealkylation sites (tertiary alicyclic amines) is 1.